The van der Waals surface area contributed by atoms with Gasteiger partial charge in [0.2, 0.25) is 0 Å². The molecule has 0 fully saturated rings. The van der Waals surface area contributed by atoms with Crippen molar-refractivity contribution in [1.29, 1.82) is 0 Å². The molecule has 0 aromatic heterocycles. The molecule has 0 heterocycles. The quantitative estimate of drug-likeness (QED) is 0.113. The maximum Gasteiger partial charge on any atom is 0.141 e. The number of rotatable bonds is 19. The summed E-state index contributed by atoms with van der Waals surface area (Å²) >= 11 is 24.5. The van der Waals surface area contributed by atoms with E-state index in [0.717, 1.165) is 51.4 Å². The van der Waals surface area contributed by atoms with Crippen molar-refractivity contribution < 1.29 is 10.2 Å². The smallest absolute Gasteiger partial charge is 0.141 e. The molecule has 2 N–H and O–H groups in total. The van der Waals surface area contributed by atoms with Crippen LogP contribution in [-0.4, -0.2) is 38.0 Å². The molecular weight excluding hydrogens is 438 g/mol. The third-order valence-electron chi connectivity index (χ3n) is 4.95. The lowest BCUT2D eigenvalue weighted by molar-refractivity contribution is 0.212. The third kappa shape index (κ3) is 17.7. The highest BCUT2D eigenvalue weighted by molar-refractivity contribution is 6.48. The maximum absolute atomic E-state index is 10.1. The summed E-state index contributed by atoms with van der Waals surface area (Å²) in [4.78, 5) is 0. The van der Waals surface area contributed by atoms with E-state index in [1.54, 1.807) is 0 Å². The number of alkyl halides is 4. The van der Waals surface area contributed by atoms with Gasteiger partial charge < -0.3 is 10.2 Å². The number of allylic oxidation sites excluding steroid dienone is 1. The van der Waals surface area contributed by atoms with Crippen LogP contribution in [0.5, 0.6) is 0 Å². The molecule has 0 aliphatic heterocycles. The lowest BCUT2D eigenvalue weighted by atomic mass is 10.0. The maximum atomic E-state index is 10.1. The lowest BCUT2D eigenvalue weighted by Crippen LogP contribution is -2.22. The highest BCUT2D eigenvalue weighted by Crippen LogP contribution is 2.27. The topological polar surface area (TPSA) is 40.5 Å². The van der Waals surface area contributed by atoms with E-state index < -0.39 is 10.4 Å². The number of hydrogen-bond donors (Lipinski definition) is 2. The van der Waals surface area contributed by atoms with Crippen molar-refractivity contribution in [2.24, 2.45) is 0 Å². The van der Waals surface area contributed by atoms with Gasteiger partial charge in [-0.1, -0.05) is 100 Å². The van der Waals surface area contributed by atoms with E-state index in [1.165, 1.54) is 25.7 Å². The molecule has 0 amide bonds. The first-order valence-corrected chi connectivity index (χ1v) is 12.6. The third-order valence-corrected chi connectivity index (χ3v) is 6.40. The van der Waals surface area contributed by atoms with E-state index in [0.29, 0.717) is 12.8 Å². The highest BCUT2D eigenvalue weighted by Gasteiger charge is 2.21. The summed E-state index contributed by atoms with van der Waals surface area (Å²) in [5.74, 6) is 0. The van der Waals surface area contributed by atoms with Crippen molar-refractivity contribution in [2.45, 2.75) is 118 Å². The Morgan fingerprint density at radius 2 is 1.50 bits per heavy atom. The van der Waals surface area contributed by atoms with Crippen LogP contribution in [-0.2, 0) is 0 Å². The number of halogens is 4. The van der Waals surface area contributed by atoms with Crippen LogP contribution in [0.4, 0.5) is 0 Å². The fourth-order valence-electron chi connectivity index (χ4n) is 3.08. The van der Waals surface area contributed by atoms with Crippen LogP contribution in [0.15, 0.2) is 12.2 Å². The molecule has 168 valence electrons. The number of unbranched alkanes of at least 4 members (excludes halogenated alkanes) is 9. The van der Waals surface area contributed by atoms with Crippen LogP contribution in [0.1, 0.15) is 96.8 Å². The molecule has 28 heavy (non-hydrogen) atoms. The van der Waals surface area contributed by atoms with Gasteiger partial charge in [-0.15, -0.1) is 23.2 Å². The first kappa shape index (κ1) is 28.8. The largest absolute Gasteiger partial charge is 0.393 e. The van der Waals surface area contributed by atoms with Crippen LogP contribution >= 0.6 is 46.4 Å². The van der Waals surface area contributed by atoms with Crippen LogP contribution < -0.4 is 0 Å². The summed E-state index contributed by atoms with van der Waals surface area (Å²) < 4.78 is -0.987. The summed E-state index contributed by atoms with van der Waals surface area (Å²) in [6.07, 6.45) is 17.9. The van der Waals surface area contributed by atoms with Crippen molar-refractivity contribution in [1.82, 2.24) is 0 Å². The Morgan fingerprint density at radius 3 is 2.14 bits per heavy atom. The monoisotopic (exact) mass is 476 g/mol. The molecule has 2 nitrogen and oxygen atoms in total. The first-order chi connectivity index (χ1) is 13.3. The minimum absolute atomic E-state index is 0.00720. The molecule has 0 radical (unpaired) electrons. The Labute approximate surface area is 193 Å². The highest BCUT2D eigenvalue weighted by atomic mass is 35.5. The van der Waals surface area contributed by atoms with E-state index in [2.05, 4.69) is 6.92 Å². The molecule has 0 aromatic rings. The molecule has 0 bridgehead atoms. The molecule has 0 aliphatic rings. The normalized spacial score (nSPS) is 15.8. The first-order valence-electron chi connectivity index (χ1n) is 10.9. The van der Waals surface area contributed by atoms with Gasteiger partial charge in [0.15, 0.2) is 0 Å². The summed E-state index contributed by atoms with van der Waals surface area (Å²) in [5, 5.41) is 18.8. The minimum atomic E-state index is -0.987. The molecule has 0 aliphatic carbocycles. The molecule has 1 unspecified atom stereocenters. The van der Waals surface area contributed by atoms with Gasteiger partial charge >= 0.3 is 0 Å². The summed E-state index contributed by atoms with van der Waals surface area (Å²) in [6, 6.07) is 0. The predicted molar refractivity (Wildman–Crippen MR) is 126 cm³/mol. The second-order valence-corrected chi connectivity index (χ2v) is 10.6. The van der Waals surface area contributed by atoms with Crippen LogP contribution in [0.2, 0.25) is 0 Å². The van der Waals surface area contributed by atoms with E-state index in [4.69, 9.17) is 51.5 Å². The van der Waals surface area contributed by atoms with Gasteiger partial charge in [-0.3, -0.25) is 0 Å². The average molecular weight is 478 g/mol. The Hall–Kier alpha value is 0.820. The zero-order valence-corrected chi connectivity index (χ0v) is 20.4. The molecule has 0 saturated carbocycles. The zero-order valence-electron chi connectivity index (χ0n) is 17.4. The van der Waals surface area contributed by atoms with Gasteiger partial charge in [0.25, 0.3) is 0 Å². The molecular formula is C22H40Cl4O2. The Balaban J connectivity index is 3.66. The average Bonchev–Trinajstić information content (AvgIpc) is 2.66. The zero-order chi connectivity index (χ0) is 21.3. The van der Waals surface area contributed by atoms with Gasteiger partial charge in [-0.05, 0) is 32.1 Å². The molecule has 0 spiro atoms. The van der Waals surface area contributed by atoms with Crippen molar-refractivity contribution >= 4 is 46.4 Å². The van der Waals surface area contributed by atoms with Gasteiger partial charge in [0.1, 0.15) is 4.33 Å². The van der Waals surface area contributed by atoms with Crippen molar-refractivity contribution in [3.63, 3.8) is 0 Å². The van der Waals surface area contributed by atoms with Crippen molar-refractivity contribution in [3.05, 3.63) is 12.2 Å². The fraction of sp³-hybridized carbons (Fsp3) is 0.909. The molecule has 0 rings (SSSR count). The summed E-state index contributed by atoms with van der Waals surface area (Å²) in [7, 11) is 0. The second kappa shape index (κ2) is 18.6. The van der Waals surface area contributed by atoms with Crippen molar-refractivity contribution in [3.8, 4) is 0 Å². The number of hydrogen-bond acceptors (Lipinski definition) is 2. The lowest BCUT2D eigenvalue weighted by Gasteiger charge is -2.17. The minimum Gasteiger partial charge on any atom is -0.393 e. The molecule has 6 heteroatoms. The van der Waals surface area contributed by atoms with E-state index in [-0.39, 0.29) is 17.4 Å². The molecule has 0 aromatic carbocycles. The SMILES string of the molecule is CCCCCC/C=C/[C@@H](O)[C@H](Cl)CC(Cl)CCCCCCCCC(Cl)(Cl)CO. The van der Waals surface area contributed by atoms with E-state index >= 15 is 0 Å². The number of aliphatic hydroxyl groups is 2. The standard InChI is InChI=1S/C22H40Cl4O2/c1-2-3-4-5-9-12-15-21(28)20(24)17-19(23)14-11-8-6-7-10-13-16-22(25,26)18-27/h12,15,19-21,27-28H,2-11,13-14,16-18H2,1H3/b15-12+/t19?,20-,21-/m1/s1. The van der Waals surface area contributed by atoms with Crippen LogP contribution in [0, 0.1) is 0 Å². The Morgan fingerprint density at radius 1 is 0.893 bits per heavy atom. The second-order valence-electron chi connectivity index (χ2n) is 7.79. The van der Waals surface area contributed by atoms with Crippen molar-refractivity contribution in [2.75, 3.05) is 6.61 Å². The molecule has 0 saturated heterocycles. The van der Waals surface area contributed by atoms with E-state index in [9.17, 15) is 5.11 Å². The predicted octanol–water partition coefficient (Wildman–Crippen LogP) is 7.77. The summed E-state index contributed by atoms with van der Waals surface area (Å²) in [6.45, 7) is 2.01. The van der Waals surface area contributed by atoms with Crippen LogP contribution in [0.25, 0.3) is 0 Å². The summed E-state index contributed by atoms with van der Waals surface area (Å²) in [5.41, 5.74) is 0. The number of aliphatic hydroxyl groups excluding tert-OH is 2. The Bertz CT molecular complexity index is 378. The van der Waals surface area contributed by atoms with Gasteiger partial charge in [0.05, 0.1) is 18.1 Å². The van der Waals surface area contributed by atoms with Gasteiger partial charge in [0, 0.05) is 5.38 Å². The van der Waals surface area contributed by atoms with Crippen LogP contribution in [0.3, 0.4) is 0 Å². The fourth-order valence-corrected chi connectivity index (χ4v) is 4.09. The van der Waals surface area contributed by atoms with Gasteiger partial charge in [-0.2, -0.15) is 0 Å². The molecule has 3 atom stereocenters. The Kier molecular flexibility index (Phi) is 19.1. The van der Waals surface area contributed by atoms with E-state index in [1.807, 2.05) is 12.2 Å². The van der Waals surface area contributed by atoms with Gasteiger partial charge in [-0.25, -0.2) is 0 Å².